The van der Waals surface area contributed by atoms with Gasteiger partial charge in [0.25, 0.3) is 0 Å². The summed E-state index contributed by atoms with van der Waals surface area (Å²) in [5.74, 6) is 0.364. The SMILES string of the molecule is COCCN1CCC(CNC(=O)C2(c3ccc(F)cc3)CCC2)C1. The fourth-order valence-corrected chi connectivity index (χ4v) is 3.86. The number of hydrogen-bond donors (Lipinski definition) is 1. The number of benzene rings is 1. The minimum absolute atomic E-state index is 0.107. The van der Waals surface area contributed by atoms with Crippen molar-refractivity contribution in [2.24, 2.45) is 5.92 Å². The Bertz CT molecular complexity index is 557. The maximum atomic E-state index is 13.2. The summed E-state index contributed by atoms with van der Waals surface area (Å²) < 4.78 is 18.3. The first-order valence-electron chi connectivity index (χ1n) is 8.90. The highest BCUT2D eigenvalue weighted by Crippen LogP contribution is 2.44. The van der Waals surface area contributed by atoms with E-state index in [0.29, 0.717) is 5.92 Å². The first-order valence-corrected chi connectivity index (χ1v) is 8.90. The number of nitrogens with zero attached hydrogens (tertiary/aromatic N) is 1. The van der Waals surface area contributed by atoms with E-state index in [0.717, 1.165) is 64.0 Å². The number of methoxy groups -OCH3 is 1. The summed E-state index contributed by atoms with van der Waals surface area (Å²) in [7, 11) is 1.72. The minimum Gasteiger partial charge on any atom is -0.383 e. The number of hydrogen-bond acceptors (Lipinski definition) is 3. The number of carbonyl (C=O) groups is 1. The van der Waals surface area contributed by atoms with E-state index in [-0.39, 0.29) is 11.7 Å². The van der Waals surface area contributed by atoms with Crippen LogP contribution in [0.15, 0.2) is 24.3 Å². The van der Waals surface area contributed by atoms with Crippen LogP contribution < -0.4 is 5.32 Å². The lowest BCUT2D eigenvalue weighted by Crippen LogP contribution is -2.50. The van der Waals surface area contributed by atoms with E-state index in [2.05, 4.69) is 10.2 Å². The van der Waals surface area contributed by atoms with Gasteiger partial charge in [-0.1, -0.05) is 18.6 Å². The van der Waals surface area contributed by atoms with Crippen molar-refractivity contribution in [3.05, 3.63) is 35.6 Å². The molecular weight excluding hydrogens is 307 g/mol. The summed E-state index contributed by atoms with van der Waals surface area (Å²) >= 11 is 0. The average molecular weight is 334 g/mol. The number of rotatable bonds is 7. The molecule has 1 aliphatic carbocycles. The molecule has 1 atom stereocenters. The summed E-state index contributed by atoms with van der Waals surface area (Å²) in [5, 5.41) is 3.17. The first-order chi connectivity index (χ1) is 11.6. The molecule has 1 heterocycles. The summed E-state index contributed by atoms with van der Waals surface area (Å²) in [5.41, 5.74) is 0.503. The third kappa shape index (κ3) is 3.62. The van der Waals surface area contributed by atoms with Crippen LogP contribution in [0.1, 0.15) is 31.2 Å². The Balaban J connectivity index is 1.53. The number of ether oxygens (including phenoxy) is 1. The Hall–Kier alpha value is -1.46. The van der Waals surface area contributed by atoms with E-state index in [1.807, 2.05) is 0 Å². The van der Waals surface area contributed by atoms with Gasteiger partial charge in [0.2, 0.25) is 5.91 Å². The molecule has 0 aromatic heterocycles. The molecule has 132 valence electrons. The van der Waals surface area contributed by atoms with Crippen LogP contribution in [0.2, 0.25) is 0 Å². The predicted molar refractivity (Wildman–Crippen MR) is 91.4 cm³/mol. The van der Waals surface area contributed by atoms with Gasteiger partial charge >= 0.3 is 0 Å². The van der Waals surface area contributed by atoms with Crippen LogP contribution in [0.3, 0.4) is 0 Å². The number of likely N-dealkylation sites (tertiary alicyclic amines) is 1. The zero-order valence-electron chi connectivity index (χ0n) is 14.4. The Morgan fingerprint density at radius 3 is 2.75 bits per heavy atom. The highest BCUT2D eigenvalue weighted by Gasteiger charge is 2.45. The zero-order chi connectivity index (χ0) is 17.0. The Morgan fingerprint density at radius 1 is 1.38 bits per heavy atom. The zero-order valence-corrected chi connectivity index (χ0v) is 14.4. The minimum atomic E-state index is -0.442. The third-order valence-corrected chi connectivity index (χ3v) is 5.57. The molecule has 0 bridgehead atoms. The molecule has 1 saturated carbocycles. The molecule has 1 aromatic carbocycles. The average Bonchev–Trinajstić information content (AvgIpc) is 2.99. The maximum Gasteiger partial charge on any atom is 0.230 e. The van der Waals surface area contributed by atoms with E-state index in [4.69, 9.17) is 4.74 Å². The Kier molecular flexibility index (Phi) is 5.51. The predicted octanol–water partition coefficient (Wildman–Crippen LogP) is 2.33. The summed E-state index contributed by atoms with van der Waals surface area (Å²) in [6.45, 7) is 4.54. The van der Waals surface area contributed by atoms with Crippen LogP contribution in [0, 0.1) is 11.7 Å². The summed E-state index contributed by atoms with van der Waals surface area (Å²) in [4.78, 5) is 15.2. The van der Waals surface area contributed by atoms with E-state index < -0.39 is 5.41 Å². The number of amides is 1. The molecule has 3 rings (SSSR count). The molecular formula is C19H27FN2O2. The van der Waals surface area contributed by atoms with Gasteiger partial charge in [0.1, 0.15) is 5.82 Å². The molecule has 1 unspecified atom stereocenters. The largest absolute Gasteiger partial charge is 0.383 e. The van der Waals surface area contributed by atoms with Crippen LogP contribution in [-0.2, 0) is 14.9 Å². The van der Waals surface area contributed by atoms with E-state index in [1.54, 1.807) is 19.2 Å². The van der Waals surface area contributed by atoms with Crippen LogP contribution in [0.4, 0.5) is 4.39 Å². The summed E-state index contributed by atoms with van der Waals surface area (Å²) in [6.07, 6.45) is 3.89. The van der Waals surface area contributed by atoms with Gasteiger partial charge in [0, 0.05) is 26.7 Å². The molecule has 2 aliphatic rings. The van der Waals surface area contributed by atoms with Crippen LogP contribution in [0.5, 0.6) is 0 Å². The molecule has 1 N–H and O–H groups in total. The molecule has 4 nitrogen and oxygen atoms in total. The van der Waals surface area contributed by atoms with Gasteiger partial charge in [-0.2, -0.15) is 0 Å². The lowest BCUT2D eigenvalue weighted by molar-refractivity contribution is -0.130. The van der Waals surface area contributed by atoms with E-state index in [1.165, 1.54) is 12.1 Å². The standard InChI is InChI=1S/C19H27FN2O2/c1-24-12-11-22-10-7-15(14-22)13-21-18(23)19(8-2-9-19)16-3-5-17(20)6-4-16/h3-6,15H,2,7-14H2,1H3,(H,21,23). The van der Waals surface area contributed by atoms with Gasteiger partial charge < -0.3 is 15.0 Å². The lowest BCUT2D eigenvalue weighted by atomic mass is 9.64. The van der Waals surface area contributed by atoms with Crippen LogP contribution in [0.25, 0.3) is 0 Å². The second-order valence-electron chi connectivity index (χ2n) is 7.10. The molecule has 1 aromatic rings. The molecule has 0 spiro atoms. The van der Waals surface area contributed by atoms with Gasteiger partial charge in [-0.15, -0.1) is 0 Å². The van der Waals surface area contributed by atoms with Crippen molar-refractivity contribution in [2.75, 3.05) is 39.9 Å². The normalized spacial score (nSPS) is 23.0. The fraction of sp³-hybridized carbons (Fsp3) is 0.632. The second-order valence-corrected chi connectivity index (χ2v) is 7.10. The van der Waals surface area contributed by atoms with E-state index in [9.17, 15) is 9.18 Å². The van der Waals surface area contributed by atoms with Gasteiger partial charge in [0.05, 0.1) is 12.0 Å². The monoisotopic (exact) mass is 334 g/mol. The van der Waals surface area contributed by atoms with Crippen molar-refractivity contribution >= 4 is 5.91 Å². The summed E-state index contributed by atoms with van der Waals surface area (Å²) in [6, 6.07) is 6.42. The number of halogens is 1. The van der Waals surface area contributed by atoms with Gasteiger partial charge in [-0.05, 0) is 49.4 Å². The Labute approximate surface area is 143 Å². The lowest BCUT2D eigenvalue weighted by Gasteiger charge is -2.41. The first kappa shape index (κ1) is 17.4. The molecule has 1 saturated heterocycles. The van der Waals surface area contributed by atoms with Crippen molar-refractivity contribution in [1.29, 1.82) is 0 Å². The topological polar surface area (TPSA) is 41.6 Å². The molecule has 5 heteroatoms. The van der Waals surface area contributed by atoms with Crippen molar-refractivity contribution in [3.63, 3.8) is 0 Å². The van der Waals surface area contributed by atoms with E-state index >= 15 is 0 Å². The van der Waals surface area contributed by atoms with Crippen molar-refractivity contribution < 1.29 is 13.9 Å². The molecule has 0 radical (unpaired) electrons. The smallest absolute Gasteiger partial charge is 0.230 e. The Morgan fingerprint density at radius 2 is 2.12 bits per heavy atom. The second kappa shape index (κ2) is 7.62. The quantitative estimate of drug-likeness (QED) is 0.832. The van der Waals surface area contributed by atoms with Crippen LogP contribution >= 0.6 is 0 Å². The van der Waals surface area contributed by atoms with Crippen molar-refractivity contribution in [2.45, 2.75) is 31.1 Å². The molecule has 1 amide bonds. The maximum absolute atomic E-state index is 13.2. The van der Waals surface area contributed by atoms with Gasteiger partial charge in [-0.25, -0.2) is 4.39 Å². The highest BCUT2D eigenvalue weighted by molar-refractivity contribution is 5.89. The molecule has 2 fully saturated rings. The van der Waals surface area contributed by atoms with Gasteiger partial charge in [0.15, 0.2) is 0 Å². The highest BCUT2D eigenvalue weighted by atomic mass is 19.1. The molecule has 1 aliphatic heterocycles. The van der Waals surface area contributed by atoms with Crippen molar-refractivity contribution in [1.82, 2.24) is 10.2 Å². The number of carbonyl (C=O) groups excluding carboxylic acids is 1. The van der Waals surface area contributed by atoms with Crippen LogP contribution in [-0.4, -0.2) is 50.7 Å². The van der Waals surface area contributed by atoms with Gasteiger partial charge in [-0.3, -0.25) is 4.79 Å². The molecule has 24 heavy (non-hydrogen) atoms. The third-order valence-electron chi connectivity index (χ3n) is 5.57. The number of nitrogens with one attached hydrogen (secondary N) is 1. The fourth-order valence-electron chi connectivity index (χ4n) is 3.86. The van der Waals surface area contributed by atoms with Crippen molar-refractivity contribution in [3.8, 4) is 0 Å².